The van der Waals surface area contributed by atoms with Crippen molar-refractivity contribution in [2.45, 2.75) is 37.6 Å². The van der Waals surface area contributed by atoms with Gasteiger partial charge in [-0.15, -0.1) is 11.3 Å². The summed E-state index contributed by atoms with van der Waals surface area (Å²) < 4.78 is 28.3. The van der Waals surface area contributed by atoms with Gasteiger partial charge < -0.3 is 5.73 Å². The molecule has 0 unspecified atom stereocenters. The molecule has 0 aliphatic rings. The smallest absolute Gasteiger partial charge is 0.243 e. The van der Waals surface area contributed by atoms with Crippen molar-refractivity contribution in [3.05, 3.63) is 23.5 Å². The van der Waals surface area contributed by atoms with Crippen molar-refractivity contribution in [1.29, 1.82) is 0 Å². The number of nitrogens with one attached hydrogen (secondary N) is 1. The molecule has 9 heteroatoms. The Morgan fingerprint density at radius 3 is 2.95 bits per heavy atom. The molecule has 2 aromatic heterocycles. The Morgan fingerprint density at radius 1 is 1.48 bits per heavy atom. The third-order valence-electron chi connectivity index (χ3n) is 2.84. The number of hydrogen-bond acceptors (Lipinski definition) is 6. The molecule has 0 atom stereocenters. The van der Waals surface area contributed by atoms with Crippen molar-refractivity contribution in [2.24, 2.45) is 0 Å². The molecule has 3 N–H and O–H groups in total. The maximum atomic E-state index is 12.1. The number of anilines is 1. The lowest BCUT2D eigenvalue weighted by Gasteiger charge is -2.03. The second kappa shape index (κ2) is 7.01. The number of aryl methyl sites for hydroxylation is 2. The zero-order valence-corrected chi connectivity index (χ0v) is 13.5. The highest BCUT2D eigenvalue weighted by atomic mass is 32.2. The van der Waals surface area contributed by atoms with Gasteiger partial charge in [-0.2, -0.15) is 5.10 Å². The van der Waals surface area contributed by atoms with E-state index in [2.05, 4.69) is 14.8 Å². The first-order valence-corrected chi connectivity index (χ1v) is 9.09. The molecule has 0 bridgehead atoms. The molecule has 21 heavy (non-hydrogen) atoms. The van der Waals surface area contributed by atoms with E-state index in [4.69, 9.17) is 5.73 Å². The fourth-order valence-electron chi connectivity index (χ4n) is 1.83. The van der Waals surface area contributed by atoms with Crippen LogP contribution < -0.4 is 10.5 Å². The minimum atomic E-state index is -3.48. The third kappa shape index (κ3) is 4.51. The maximum absolute atomic E-state index is 12.1. The molecule has 0 aliphatic heterocycles. The van der Waals surface area contributed by atoms with Crippen molar-refractivity contribution >= 4 is 26.5 Å². The zero-order chi connectivity index (χ0) is 15.3. The zero-order valence-electron chi connectivity index (χ0n) is 11.8. The molecule has 0 spiro atoms. The number of nitrogen functional groups attached to an aromatic ring is 1. The van der Waals surface area contributed by atoms with E-state index in [0.29, 0.717) is 31.1 Å². The summed E-state index contributed by atoms with van der Waals surface area (Å²) in [5.41, 5.74) is 6.44. The van der Waals surface area contributed by atoms with Gasteiger partial charge in [-0.25, -0.2) is 18.1 Å². The molecule has 2 heterocycles. The summed E-state index contributed by atoms with van der Waals surface area (Å²) in [5.74, 6) is 0. The first-order valence-electron chi connectivity index (χ1n) is 6.73. The lowest BCUT2D eigenvalue weighted by molar-refractivity contribution is 0.577. The van der Waals surface area contributed by atoms with E-state index in [1.54, 1.807) is 10.9 Å². The topological polar surface area (TPSA) is 103 Å². The highest BCUT2D eigenvalue weighted by Gasteiger charge is 2.15. The van der Waals surface area contributed by atoms with E-state index < -0.39 is 10.0 Å². The molecule has 7 nitrogen and oxygen atoms in total. The molecule has 0 saturated heterocycles. The number of rotatable bonds is 8. The normalized spacial score (nSPS) is 11.9. The average Bonchev–Trinajstić information content (AvgIpc) is 3.05. The van der Waals surface area contributed by atoms with E-state index in [0.717, 1.165) is 12.1 Å². The van der Waals surface area contributed by atoms with Crippen LogP contribution in [0.5, 0.6) is 0 Å². The van der Waals surface area contributed by atoms with Gasteiger partial charge in [-0.05, 0) is 19.3 Å². The predicted octanol–water partition coefficient (Wildman–Crippen LogP) is 1.24. The van der Waals surface area contributed by atoms with E-state index >= 15 is 0 Å². The number of nitrogens with zero attached hydrogens (tertiary/aromatic N) is 3. The second-order valence-electron chi connectivity index (χ2n) is 4.62. The Morgan fingerprint density at radius 2 is 2.29 bits per heavy atom. The molecular formula is C12H19N5O2S2. The van der Waals surface area contributed by atoms with Crippen LogP contribution in [0.15, 0.2) is 22.7 Å². The number of nitrogens with two attached hydrogens (primary N) is 1. The van der Waals surface area contributed by atoms with E-state index in [1.807, 2.05) is 12.3 Å². The minimum Gasteiger partial charge on any atom is -0.375 e. The molecule has 0 aromatic carbocycles. The third-order valence-corrected chi connectivity index (χ3v) is 4.98. The molecule has 0 saturated carbocycles. The number of hydrogen-bond donors (Lipinski definition) is 2. The minimum absolute atomic E-state index is 0.203. The highest BCUT2D eigenvalue weighted by molar-refractivity contribution is 7.89. The molecule has 116 valence electrons. The summed E-state index contributed by atoms with van der Waals surface area (Å²) in [6.45, 7) is 3.08. The molecule has 2 rings (SSSR count). The Bertz CT molecular complexity index is 677. The summed E-state index contributed by atoms with van der Waals surface area (Å²) in [7, 11) is -3.48. The van der Waals surface area contributed by atoms with Crippen LogP contribution in [-0.2, 0) is 23.0 Å². The summed E-state index contributed by atoms with van der Waals surface area (Å²) in [6.07, 6.45) is 5.20. The summed E-state index contributed by atoms with van der Waals surface area (Å²) in [4.78, 5) is 4.34. The van der Waals surface area contributed by atoms with E-state index in [9.17, 15) is 8.42 Å². The lowest BCUT2D eigenvalue weighted by Crippen LogP contribution is -2.24. The van der Waals surface area contributed by atoms with Crippen LogP contribution in [0.25, 0.3) is 0 Å². The standard InChI is InChI=1S/C12H19N5O2S2/c1-2-6-17-8-11(7-14-17)21(18,19)15-5-3-4-10-9-20-12(13)16-10/h7-9,15H,2-6H2,1H3,(H2,13,16). The molecule has 2 aromatic rings. The van der Waals surface area contributed by atoms with Crippen LogP contribution in [0.4, 0.5) is 5.13 Å². The number of thiazole rings is 1. The van der Waals surface area contributed by atoms with Crippen LogP contribution in [0.1, 0.15) is 25.5 Å². The van der Waals surface area contributed by atoms with Crippen molar-refractivity contribution in [3.8, 4) is 0 Å². The van der Waals surface area contributed by atoms with Gasteiger partial charge in [-0.3, -0.25) is 4.68 Å². The first kappa shape index (κ1) is 15.9. The monoisotopic (exact) mass is 329 g/mol. The van der Waals surface area contributed by atoms with E-state index in [1.165, 1.54) is 17.5 Å². The van der Waals surface area contributed by atoms with Gasteiger partial charge >= 0.3 is 0 Å². The van der Waals surface area contributed by atoms with Gasteiger partial charge in [0.1, 0.15) is 4.90 Å². The van der Waals surface area contributed by atoms with Gasteiger partial charge in [0.2, 0.25) is 10.0 Å². The maximum Gasteiger partial charge on any atom is 0.243 e. The fraction of sp³-hybridized carbons (Fsp3) is 0.500. The Labute approximate surface area is 128 Å². The highest BCUT2D eigenvalue weighted by Crippen LogP contribution is 2.12. The van der Waals surface area contributed by atoms with Gasteiger partial charge in [0.15, 0.2) is 5.13 Å². The van der Waals surface area contributed by atoms with Gasteiger partial charge in [-0.1, -0.05) is 6.92 Å². The van der Waals surface area contributed by atoms with Crippen molar-refractivity contribution in [3.63, 3.8) is 0 Å². The Balaban J connectivity index is 1.83. The van der Waals surface area contributed by atoms with Crippen LogP contribution in [0.2, 0.25) is 0 Å². The molecule has 0 fully saturated rings. The SMILES string of the molecule is CCCn1cc(S(=O)(=O)NCCCc2csc(N)n2)cn1. The molecule has 0 amide bonds. The molecule has 0 radical (unpaired) electrons. The van der Waals surface area contributed by atoms with Gasteiger partial charge in [0.05, 0.1) is 11.9 Å². The summed E-state index contributed by atoms with van der Waals surface area (Å²) in [6, 6.07) is 0. The quantitative estimate of drug-likeness (QED) is 0.709. The van der Waals surface area contributed by atoms with Gasteiger partial charge in [0.25, 0.3) is 0 Å². The van der Waals surface area contributed by atoms with Crippen molar-refractivity contribution < 1.29 is 8.42 Å². The Hall–Kier alpha value is -1.45. The van der Waals surface area contributed by atoms with Crippen LogP contribution in [-0.4, -0.2) is 29.7 Å². The second-order valence-corrected chi connectivity index (χ2v) is 7.27. The van der Waals surface area contributed by atoms with Crippen molar-refractivity contribution in [1.82, 2.24) is 19.5 Å². The van der Waals surface area contributed by atoms with Crippen LogP contribution in [0, 0.1) is 0 Å². The van der Waals surface area contributed by atoms with Gasteiger partial charge in [0, 0.05) is 24.7 Å². The number of aromatic nitrogens is 3. The molecular weight excluding hydrogens is 310 g/mol. The fourth-order valence-corrected chi connectivity index (χ4v) is 3.45. The van der Waals surface area contributed by atoms with Crippen LogP contribution in [0.3, 0.4) is 0 Å². The predicted molar refractivity (Wildman–Crippen MR) is 82.6 cm³/mol. The van der Waals surface area contributed by atoms with Crippen molar-refractivity contribution in [2.75, 3.05) is 12.3 Å². The average molecular weight is 329 g/mol. The first-order chi connectivity index (χ1) is 10.0. The lowest BCUT2D eigenvalue weighted by atomic mass is 10.2. The Kier molecular flexibility index (Phi) is 5.32. The largest absolute Gasteiger partial charge is 0.375 e. The summed E-state index contributed by atoms with van der Waals surface area (Å²) >= 11 is 1.39. The summed E-state index contributed by atoms with van der Waals surface area (Å²) in [5, 5.41) is 6.45. The number of sulfonamides is 1. The van der Waals surface area contributed by atoms with E-state index in [-0.39, 0.29) is 4.90 Å². The van der Waals surface area contributed by atoms with Crippen LogP contribution >= 0.6 is 11.3 Å². The molecule has 0 aliphatic carbocycles.